The number of hydrogen-bond donors (Lipinski definition) is 2. The highest BCUT2D eigenvalue weighted by molar-refractivity contribution is 5.35. The summed E-state index contributed by atoms with van der Waals surface area (Å²) in [6.45, 7) is 2.93. The normalized spacial score (nSPS) is 15.1. The minimum atomic E-state index is -0.816. The summed E-state index contributed by atoms with van der Waals surface area (Å²) in [7, 11) is 0. The summed E-state index contributed by atoms with van der Waals surface area (Å²) in [6.07, 6.45) is 0.477. The Morgan fingerprint density at radius 1 is 1.50 bits per heavy atom. The molecule has 0 saturated heterocycles. The Hall–Kier alpha value is -1.09. The molecule has 1 rings (SSSR count). The molecule has 3 N–H and O–H groups in total. The first-order chi connectivity index (χ1) is 6.44. The highest BCUT2D eigenvalue weighted by Gasteiger charge is 2.18. The molecule has 0 saturated carbocycles. The zero-order valence-corrected chi connectivity index (χ0v) is 8.55. The number of phenols is 1. The standard InChI is InChI=1S/C11H16FNO/c1-8-5-9(3-4-10(8)14)6-11(2,13)7-12/h3-5,14H,6-7,13H2,1-2H3. The molecule has 1 aromatic carbocycles. The number of aryl methyl sites for hydroxylation is 1. The van der Waals surface area contributed by atoms with E-state index in [0.29, 0.717) is 6.42 Å². The maximum atomic E-state index is 12.5. The van der Waals surface area contributed by atoms with E-state index in [1.165, 1.54) is 0 Å². The molecule has 0 spiro atoms. The first-order valence-electron chi connectivity index (χ1n) is 4.58. The second kappa shape index (κ2) is 3.96. The number of alkyl halides is 1. The fourth-order valence-corrected chi connectivity index (χ4v) is 1.34. The van der Waals surface area contributed by atoms with Gasteiger partial charge in [-0.3, -0.25) is 0 Å². The number of hydrogen-bond acceptors (Lipinski definition) is 2. The van der Waals surface area contributed by atoms with Crippen LogP contribution in [0, 0.1) is 6.92 Å². The van der Waals surface area contributed by atoms with E-state index in [9.17, 15) is 9.50 Å². The fraction of sp³-hybridized carbons (Fsp3) is 0.455. The van der Waals surface area contributed by atoms with Crippen LogP contribution in [0.25, 0.3) is 0 Å². The van der Waals surface area contributed by atoms with Gasteiger partial charge in [-0.25, -0.2) is 4.39 Å². The highest BCUT2D eigenvalue weighted by atomic mass is 19.1. The fourth-order valence-electron chi connectivity index (χ4n) is 1.34. The SMILES string of the molecule is Cc1cc(CC(C)(N)CF)ccc1O. The summed E-state index contributed by atoms with van der Waals surface area (Å²) in [5, 5.41) is 9.29. The minimum Gasteiger partial charge on any atom is -0.508 e. The van der Waals surface area contributed by atoms with Crippen molar-refractivity contribution in [2.24, 2.45) is 5.73 Å². The van der Waals surface area contributed by atoms with Crippen LogP contribution in [0.2, 0.25) is 0 Å². The van der Waals surface area contributed by atoms with Crippen LogP contribution < -0.4 is 5.73 Å². The van der Waals surface area contributed by atoms with E-state index in [1.807, 2.05) is 13.0 Å². The molecule has 0 fully saturated rings. The highest BCUT2D eigenvalue weighted by Crippen LogP contribution is 2.19. The molecule has 0 aliphatic carbocycles. The molecule has 1 atom stereocenters. The molecule has 0 heterocycles. The smallest absolute Gasteiger partial charge is 0.118 e. The lowest BCUT2D eigenvalue weighted by Gasteiger charge is -2.20. The van der Waals surface area contributed by atoms with Crippen molar-refractivity contribution in [2.45, 2.75) is 25.8 Å². The maximum absolute atomic E-state index is 12.5. The molecule has 0 amide bonds. The summed E-state index contributed by atoms with van der Waals surface area (Å²) in [5.41, 5.74) is 6.62. The van der Waals surface area contributed by atoms with Gasteiger partial charge >= 0.3 is 0 Å². The molecule has 0 aromatic heterocycles. The van der Waals surface area contributed by atoms with Crippen molar-refractivity contribution in [3.05, 3.63) is 29.3 Å². The number of benzene rings is 1. The Morgan fingerprint density at radius 2 is 2.14 bits per heavy atom. The lowest BCUT2D eigenvalue weighted by atomic mass is 9.94. The molecule has 78 valence electrons. The van der Waals surface area contributed by atoms with Crippen LogP contribution in [0.5, 0.6) is 5.75 Å². The van der Waals surface area contributed by atoms with Crippen molar-refractivity contribution in [3.63, 3.8) is 0 Å². The summed E-state index contributed by atoms with van der Waals surface area (Å²) in [5.74, 6) is 0.257. The second-order valence-electron chi connectivity index (χ2n) is 4.09. The average Bonchev–Trinajstić information content (AvgIpc) is 2.11. The molecular weight excluding hydrogens is 181 g/mol. The van der Waals surface area contributed by atoms with E-state index in [4.69, 9.17) is 5.73 Å². The van der Waals surface area contributed by atoms with Gasteiger partial charge in [0.1, 0.15) is 12.4 Å². The summed E-state index contributed by atoms with van der Waals surface area (Å²) in [4.78, 5) is 0. The van der Waals surface area contributed by atoms with Crippen LogP contribution >= 0.6 is 0 Å². The van der Waals surface area contributed by atoms with Gasteiger partial charge in [-0.1, -0.05) is 12.1 Å². The van der Waals surface area contributed by atoms with Gasteiger partial charge in [-0.15, -0.1) is 0 Å². The van der Waals surface area contributed by atoms with Crippen LogP contribution in [0.3, 0.4) is 0 Å². The average molecular weight is 197 g/mol. The molecular formula is C11H16FNO. The summed E-state index contributed by atoms with van der Waals surface area (Å²) >= 11 is 0. The van der Waals surface area contributed by atoms with Gasteiger partial charge in [0.15, 0.2) is 0 Å². The lowest BCUT2D eigenvalue weighted by Crippen LogP contribution is -2.40. The lowest BCUT2D eigenvalue weighted by molar-refractivity contribution is 0.327. The van der Waals surface area contributed by atoms with E-state index >= 15 is 0 Å². The van der Waals surface area contributed by atoms with Gasteiger partial charge in [0.05, 0.1) is 0 Å². The number of rotatable bonds is 3. The predicted octanol–water partition coefficient (Wildman–Crippen LogP) is 1.93. The number of aromatic hydroxyl groups is 1. The third kappa shape index (κ3) is 2.70. The Morgan fingerprint density at radius 3 is 2.64 bits per heavy atom. The van der Waals surface area contributed by atoms with Crippen LogP contribution in [0.15, 0.2) is 18.2 Å². The Balaban J connectivity index is 2.83. The van der Waals surface area contributed by atoms with Gasteiger partial charge in [-0.2, -0.15) is 0 Å². The van der Waals surface area contributed by atoms with Crippen molar-refractivity contribution in [1.82, 2.24) is 0 Å². The first kappa shape index (κ1) is 11.0. The van der Waals surface area contributed by atoms with Crippen molar-refractivity contribution in [1.29, 1.82) is 0 Å². The van der Waals surface area contributed by atoms with Crippen molar-refractivity contribution < 1.29 is 9.50 Å². The molecule has 1 unspecified atom stereocenters. The third-order valence-electron chi connectivity index (χ3n) is 2.17. The van der Waals surface area contributed by atoms with Gasteiger partial charge < -0.3 is 10.8 Å². The zero-order valence-electron chi connectivity index (χ0n) is 8.55. The molecule has 0 aliphatic heterocycles. The molecule has 3 heteroatoms. The van der Waals surface area contributed by atoms with E-state index in [1.54, 1.807) is 19.1 Å². The first-order valence-corrected chi connectivity index (χ1v) is 4.58. The Kier molecular flexibility index (Phi) is 3.11. The van der Waals surface area contributed by atoms with E-state index in [-0.39, 0.29) is 5.75 Å². The van der Waals surface area contributed by atoms with Crippen LogP contribution in [0.4, 0.5) is 4.39 Å². The van der Waals surface area contributed by atoms with E-state index in [0.717, 1.165) is 11.1 Å². The second-order valence-corrected chi connectivity index (χ2v) is 4.09. The largest absolute Gasteiger partial charge is 0.508 e. The molecule has 2 nitrogen and oxygen atoms in total. The molecule has 0 radical (unpaired) electrons. The minimum absolute atomic E-state index is 0.257. The predicted molar refractivity (Wildman–Crippen MR) is 55.1 cm³/mol. The maximum Gasteiger partial charge on any atom is 0.118 e. The van der Waals surface area contributed by atoms with Crippen LogP contribution in [0.1, 0.15) is 18.1 Å². The number of nitrogens with two attached hydrogens (primary N) is 1. The zero-order chi connectivity index (χ0) is 10.8. The van der Waals surface area contributed by atoms with Crippen LogP contribution in [-0.2, 0) is 6.42 Å². The summed E-state index contributed by atoms with van der Waals surface area (Å²) in [6, 6.07) is 5.21. The van der Waals surface area contributed by atoms with Crippen molar-refractivity contribution >= 4 is 0 Å². The monoisotopic (exact) mass is 197 g/mol. The van der Waals surface area contributed by atoms with Gasteiger partial charge in [-0.05, 0) is 37.5 Å². The topological polar surface area (TPSA) is 46.2 Å². The van der Waals surface area contributed by atoms with Gasteiger partial charge in [0.2, 0.25) is 0 Å². The number of phenolic OH excluding ortho intramolecular Hbond substituents is 1. The van der Waals surface area contributed by atoms with E-state index in [2.05, 4.69) is 0 Å². The van der Waals surface area contributed by atoms with Crippen LogP contribution in [-0.4, -0.2) is 17.3 Å². The quantitative estimate of drug-likeness (QED) is 0.777. The van der Waals surface area contributed by atoms with Gasteiger partial charge in [0, 0.05) is 5.54 Å². The molecule has 0 aliphatic rings. The third-order valence-corrected chi connectivity index (χ3v) is 2.17. The van der Waals surface area contributed by atoms with Crippen molar-refractivity contribution in [3.8, 4) is 5.75 Å². The molecule has 1 aromatic rings. The summed E-state index contributed by atoms with van der Waals surface area (Å²) < 4.78 is 12.5. The Bertz CT molecular complexity index is 323. The van der Waals surface area contributed by atoms with Gasteiger partial charge in [0.25, 0.3) is 0 Å². The molecule has 14 heavy (non-hydrogen) atoms. The Labute approximate surface area is 83.6 Å². The van der Waals surface area contributed by atoms with E-state index < -0.39 is 12.2 Å². The molecule has 0 bridgehead atoms. The van der Waals surface area contributed by atoms with Crippen molar-refractivity contribution in [2.75, 3.05) is 6.67 Å². The number of halogens is 1.